The van der Waals surface area contributed by atoms with Crippen molar-refractivity contribution < 1.29 is 9.18 Å². The first-order valence-corrected chi connectivity index (χ1v) is 6.32. The molecule has 5 nitrogen and oxygen atoms in total. The summed E-state index contributed by atoms with van der Waals surface area (Å²) in [7, 11) is 0. The number of nitrogens with two attached hydrogens (primary N) is 1. The Morgan fingerprint density at radius 3 is 2.89 bits per heavy atom. The van der Waals surface area contributed by atoms with Crippen LogP contribution in [0.15, 0.2) is 18.5 Å². The molecule has 0 atom stereocenters. The van der Waals surface area contributed by atoms with Gasteiger partial charge in [-0.15, -0.1) is 0 Å². The van der Waals surface area contributed by atoms with Crippen LogP contribution in [0.2, 0.25) is 0 Å². The number of carbonyl (C=O) groups excluding carboxylic acids is 1. The van der Waals surface area contributed by atoms with Crippen LogP contribution in [0, 0.1) is 5.82 Å². The Kier molecular flexibility index (Phi) is 2.94. The number of aromatic amines is 1. The first kappa shape index (κ1) is 12.1. The fourth-order valence-corrected chi connectivity index (χ4v) is 2.45. The normalized spacial score (nSPS) is 17.1. The Hall–Kier alpha value is -1.95. The van der Waals surface area contributed by atoms with Gasteiger partial charge in [-0.3, -0.25) is 4.79 Å². The molecule has 0 aliphatic carbocycles. The molecule has 2 aromatic rings. The van der Waals surface area contributed by atoms with E-state index in [4.69, 9.17) is 5.73 Å². The molecule has 1 aromatic heterocycles. The number of nitrogens with zero attached hydrogens (tertiary/aromatic N) is 2. The molecule has 1 aromatic carbocycles. The van der Waals surface area contributed by atoms with Crippen LogP contribution in [0.4, 0.5) is 4.39 Å². The molecule has 1 aliphatic rings. The fourth-order valence-electron chi connectivity index (χ4n) is 2.45. The minimum atomic E-state index is -0.436. The van der Waals surface area contributed by atoms with Crippen molar-refractivity contribution in [1.82, 2.24) is 14.9 Å². The van der Waals surface area contributed by atoms with Crippen LogP contribution in [0.5, 0.6) is 0 Å². The van der Waals surface area contributed by atoms with E-state index in [9.17, 15) is 9.18 Å². The zero-order valence-electron chi connectivity index (χ0n) is 10.4. The number of halogens is 1. The van der Waals surface area contributed by atoms with Crippen molar-refractivity contribution in [3.63, 3.8) is 0 Å². The average molecular weight is 262 g/mol. The van der Waals surface area contributed by atoms with Gasteiger partial charge in [-0.25, -0.2) is 9.37 Å². The Labute approximate surface area is 109 Å². The van der Waals surface area contributed by atoms with Crippen LogP contribution < -0.4 is 5.73 Å². The fraction of sp³-hybridized carbons (Fsp3) is 0.385. The predicted octanol–water partition coefficient (Wildman–Crippen LogP) is 1.27. The van der Waals surface area contributed by atoms with Gasteiger partial charge in [0.2, 0.25) is 0 Å². The molecule has 0 radical (unpaired) electrons. The van der Waals surface area contributed by atoms with Gasteiger partial charge in [0.05, 0.1) is 17.4 Å². The third kappa shape index (κ3) is 2.19. The zero-order valence-corrected chi connectivity index (χ0v) is 10.4. The molecule has 3 rings (SSSR count). The average Bonchev–Trinajstić information content (AvgIpc) is 2.85. The highest BCUT2D eigenvalue weighted by Crippen LogP contribution is 2.20. The lowest BCUT2D eigenvalue weighted by Crippen LogP contribution is -2.42. The van der Waals surface area contributed by atoms with Gasteiger partial charge in [0.1, 0.15) is 11.3 Å². The lowest BCUT2D eigenvalue weighted by atomic mass is 10.0. The van der Waals surface area contributed by atoms with E-state index in [1.165, 1.54) is 18.5 Å². The van der Waals surface area contributed by atoms with Gasteiger partial charge in [-0.2, -0.15) is 0 Å². The highest BCUT2D eigenvalue weighted by atomic mass is 19.1. The second kappa shape index (κ2) is 4.62. The minimum absolute atomic E-state index is 0.155. The Morgan fingerprint density at radius 1 is 1.42 bits per heavy atom. The highest BCUT2D eigenvalue weighted by molar-refractivity contribution is 6.04. The maximum atomic E-state index is 13.5. The maximum Gasteiger partial charge on any atom is 0.256 e. The number of amides is 1. The number of benzene rings is 1. The van der Waals surface area contributed by atoms with Crippen LogP contribution in [0.25, 0.3) is 11.0 Å². The summed E-state index contributed by atoms with van der Waals surface area (Å²) in [5.74, 6) is -0.614. The molecule has 1 saturated heterocycles. The van der Waals surface area contributed by atoms with Crippen LogP contribution >= 0.6 is 0 Å². The summed E-state index contributed by atoms with van der Waals surface area (Å²) in [5.41, 5.74) is 7.18. The first-order valence-electron chi connectivity index (χ1n) is 6.32. The number of aromatic nitrogens is 2. The number of H-pyrrole nitrogens is 1. The largest absolute Gasteiger partial charge is 0.344 e. The number of fused-ring (bicyclic) bond motifs is 1. The minimum Gasteiger partial charge on any atom is -0.344 e. The van der Waals surface area contributed by atoms with Crippen molar-refractivity contribution in [3.05, 3.63) is 29.8 Å². The molecule has 1 aliphatic heterocycles. The third-order valence-electron chi connectivity index (χ3n) is 3.55. The van der Waals surface area contributed by atoms with Crippen LogP contribution in [0.3, 0.4) is 0 Å². The second-order valence-corrected chi connectivity index (χ2v) is 4.88. The van der Waals surface area contributed by atoms with Gasteiger partial charge in [0.15, 0.2) is 0 Å². The number of rotatable bonds is 1. The van der Waals surface area contributed by atoms with Gasteiger partial charge in [0.25, 0.3) is 5.91 Å². The van der Waals surface area contributed by atoms with E-state index in [0.29, 0.717) is 29.7 Å². The molecule has 1 amide bonds. The van der Waals surface area contributed by atoms with E-state index in [-0.39, 0.29) is 11.9 Å². The third-order valence-corrected chi connectivity index (χ3v) is 3.55. The number of nitrogens with one attached hydrogen (secondary N) is 1. The molecule has 6 heteroatoms. The summed E-state index contributed by atoms with van der Waals surface area (Å²) in [4.78, 5) is 21.1. The van der Waals surface area contributed by atoms with Crippen molar-refractivity contribution >= 4 is 16.9 Å². The van der Waals surface area contributed by atoms with E-state index < -0.39 is 5.82 Å². The Bertz CT molecular complexity index is 616. The van der Waals surface area contributed by atoms with Crippen LogP contribution in [0.1, 0.15) is 23.2 Å². The molecule has 1 fully saturated rings. The number of likely N-dealkylation sites (tertiary alicyclic amines) is 1. The lowest BCUT2D eigenvalue weighted by Gasteiger charge is -2.30. The number of imidazole rings is 1. The summed E-state index contributed by atoms with van der Waals surface area (Å²) in [6, 6.07) is 2.74. The standard InChI is InChI=1S/C13H15FN4O/c14-8-5-10(12-11(6-8)16-7-17-12)13(19)18-3-1-9(15)2-4-18/h5-7,9H,1-4,15H2,(H,16,17). The second-order valence-electron chi connectivity index (χ2n) is 4.88. The summed E-state index contributed by atoms with van der Waals surface area (Å²) < 4.78 is 13.5. The highest BCUT2D eigenvalue weighted by Gasteiger charge is 2.24. The van der Waals surface area contributed by atoms with E-state index in [2.05, 4.69) is 9.97 Å². The molecule has 0 spiro atoms. The smallest absolute Gasteiger partial charge is 0.256 e. The van der Waals surface area contributed by atoms with Crippen molar-refractivity contribution in [1.29, 1.82) is 0 Å². The van der Waals surface area contributed by atoms with Crippen molar-refractivity contribution in [2.75, 3.05) is 13.1 Å². The predicted molar refractivity (Wildman–Crippen MR) is 69.2 cm³/mol. The van der Waals surface area contributed by atoms with Crippen LogP contribution in [-0.4, -0.2) is 39.9 Å². The Balaban J connectivity index is 1.95. The lowest BCUT2D eigenvalue weighted by molar-refractivity contribution is 0.0716. The maximum absolute atomic E-state index is 13.5. The molecule has 0 bridgehead atoms. The molecule has 100 valence electrons. The zero-order chi connectivity index (χ0) is 13.4. The van der Waals surface area contributed by atoms with Crippen molar-refractivity contribution in [3.8, 4) is 0 Å². The summed E-state index contributed by atoms with van der Waals surface area (Å²) in [5, 5.41) is 0. The van der Waals surface area contributed by atoms with E-state index >= 15 is 0 Å². The topological polar surface area (TPSA) is 75.0 Å². The van der Waals surface area contributed by atoms with Gasteiger partial charge in [0, 0.05) is 19.1 Å². The molecule has 0 unspecified atom stereocenters. The SMILES string of the molecule is NC1CCN(C(=O)c2cc(F)cc3[nH]cnc23)CC1. The summed E-state index contributed by atoms with van der Waals surface area (Å²) in [6.07, 6.45) is 3.03. The van der Waals surface area contributed by atoms with Crippen molar-refractivity contribution in [2.24, 2.45) is 5.73 Å². The molecule has 0 saturated carbocycles. The van der Waals surface area contributed by atoms with Gasteiger partial charge in [-0.05, 0) is 25.0 Å². The summed E-state index contributed by atoms with van der Waals surface area (Å²) in [6.45, 7) is 1.23. The number of carbonyl (C=O) groups is 1. The molecule has 3 N–H and O–H groups in total. The van der Waals surface area contributed by atoms with E-state index in [1.54, 1.807) is 4.90 Å². The van der Waals surface area contributed by atoms with Gasteiger partial charge >= 0.3 is 0 Å². The monoisotopic (exact) mass is 262 g/mol. The van der Waals surface area contributed by atoms with Gasteiger partial charge < -0.3 is 15.6 Å². The molecule has 19 heavy (non-hydrogen) atoms. The summed E-state index contributed by atoms with van der Waals surface area (Å²) >= 11 is 0. The van der Waals surface area contributed by atoms with E-state index in [0.717, 1.165) is 12.8 Å². The van der Waals surface area contributed by atoms with Crippen molar-refractivity contribution in [2.45, 2.75) is 18.9 Å². The number of hydrogen-bond donors (Lipinski definition) is 2. The molecular weight excluding hydrogens is 247 g/mol. The number of piperidine rings is 1. The molecule has 2 heterocycles. The Morgan fingerprint density at radius 2 is 2.16 bits per heavy atom. The van der Waals surface area contributed by atoms with Gasteiger partial charge in [-0.1, -0.05) is 0 Å². The van der Waals surface area contributed by atoms with E-state index in [1.807, 2.05) is 0 Å². The van der Waals surface area contributed by atoms with Crippen LogP contribution in [-0.2, 0) is 0 Å². The first-order chi connectivity index (χ1) is 9.15. The molecular formula is C13H15FN4O. The number of hydrogen-bond acceptors (Lipinski definition) is 3. The quantitative estimate of drug-likeness (QED) is 0.812.